The number of aryl methyl sites for hydroxylation is 1. The van der Waals surface area contributed by atoms with Crippen LogP contribution in [0.5, 0.6) is 11.6 Å². The highest BCUT2D eigenvalue weighted by molar-refractivity contribution is 6.34. The molecule has 2 amide bonds. The fourth-order valence-electron chi connectivity index (χ4n) is 4.52. The molecule has 208 valence electrons. The lowest BCUT2D eigenvalue weighted by Crippen LogP contribution is -2.46. The normalized spacial score (nSPS) is 13.9. The zero-order valence-corrected chi connectivity index (χ0v) is 22.4. The van der Waals surface area contributed by atoms with Gasteiger partial charge in [-0.05, 0) is 42.5 Å². The molecule has 1 N–H and O–H groups in total. The first-order valence-electron chi connectivity index (χ1n) is 12.4. The topological polar surface area (TPSA) is 79.7 Å². The van der Waals surface area contributed by atoms with Crippen LogP contribution < -0.4 is 15.0 Å². The molecule has 40 heavy (non-hydrogen) atoms. The summed E-state index contributed by atoms with van der Waals surface area (Å²) in [5, 5.41) is 3.85. The zero-order chi connectivity index (χ0) is 28.6. The Morgan fingerprint density at radius 1 is 1.05 bits per heavy atom. The molecule has 2 aromatic carbocycles. The molecule has 4 aromatic rings. The summed E-state index contributed by atoms with van der Waals surface area (Å²) < 4.78 is 46.5. The second-order valence-corrected chi connectivity index (χ2v) is 9.77. The molecule has 1 aliphatic rings. The van der Waals surface area contributed by atoms with Gasteiger partial charge in [0.2, 0.25) is 5.88 Å². The fraction of sp³-hybridized carbons (Fsp3) is 0.250. The highest BCUT2D eigenvalue weighted by Gasteiger charge is 2.31. The largest absolute Gasteiger partial charge is 0.439 e. The number of nitrogens with one attached hydrogen (secondary N) is 1. The number of amides is 2. The summed E-state index contributed by atoms with van der Waals surface area (Å²) in [6.45, 7) is 2.86. The van der Waals surface area contributed by atoms with Crippen molar-refractivity contribution in [2.24, 2.45) is 7.05 Å². The van der Waals surface area contributed by atoms with E-state index >= 15 is 0 Å². The van der Waals surface area contributed by atoms with Crippen molar-refractivity contribution in [3.8, 4) is 11.6 Å². The van der Waals surface area contributed by atoms with Gasteiger partial charge in [-0.15, -0.1) is 0 Å². The first kappa shape index (κ1) is 27.5. The number of anilines is 1. The van der Waals surface area contributed by atoms with Crippen LogP contribution in [-0.2, 0) is 13.2 Å². The van der Waals surface area contributed by atoms with Crippen molar-refractivity contribution in [1.82, 2.24) is 19.8 Å². The maximum atomic E-state index is 13.0. The number of piperazine rings is 1. The molecule has 0 radical (unpaired) electrons. The summed E-state index contributed by atoms with van der Waals surface area (Å²) in [7, 11) is 3.31. The van der Waals surface area contributed by atoms with E-state index in [1.165, 1.54) is 18.1 Å². The molecule has 12 heteroatoms. The molecule has 0 aliphatic carbocycles. The van der Waals surface area contributed by atoms with E-state index in [-0.39, 0.29) is 22.4 Å². The van der Waals surface area contributed by atoms with Crippen LogP contribution in [-0.4, -0.2) is 59.5 Å². The van der Waals surface area contributed by atoms with Gasteiger partial charge in [0.25, 0.3) is 11.8 Å². The van der Waals surface area contributed by atoms with Crippen molar-refractivity contribution >= 4 is 40.0 Å². The van der Waals surface area contributed by atoms with Gasteiger partial charge in [0, 0.05) is 57.8 Å². The average molecular weight is 572 g/mol. The standard InChI is InChI=1S/C28H25ClF3N5O3/c1-35(26(38)21-7-4-18(14-22(21)29)28(30,31)32)19-5-8-25(34-16-19)40-20-6-3-17-13-24(36(2)23(17)15-20)27(39)37-11-9-33-10-12-37/h3-8,13-16,33H,9-12H2,1-2H3. The Hall–Kier alpha value is -4.09. The lowest BCUT2D eigenvalue weighted by atomic mass is 10.1. The first-order valence-corrected chi connectivity index (χ1v) is 12.8. The smallest absolute Gasteiger partial charge is 0.416 e. The molecule has 1 aliphatic heterocycles. The minimum Gasteiger partial charge on any atom is -0.439 e. The molecule has 5 rings (SSSR count). The van der Waals surface area contributed by atoms with Gasteiger partial charge in [-0.2, -0.15) is 13.2 Å². The van der Waals surface area contributed by atoms with Crippen LogP contribution in [0.2, 0.25) is 5.02 Å². The number of pyridine rings is 1. The maximum absolute atomic E-state index is 13.0. The third-order valence-corrected chi connectivity index (χ3v) is 7.11. The number of nitrogens with zero attached hydrogens (tertiary/aromatic N) is 4. The summed E-state index contributed by atoms with van der Waals surface area (Å²) >= 11 is 5.98. The van der Waals surface area contributed by atoms with Crippen LogP contribution in [0.1, 0.15) is 26.4 Å². The minimum atomic E-state index is -4.56. The highest BCUT2D eigenvalue weighted by atomic mass is 35.5. The predicted octanol–water partition coefficient (Wildman–Crippen LogP) is 5.36. The van der Waals surface area contributed by atoms with Gasteiger partial charge in [-0.25, -0.2) is 4.98 Å². The Bertz CT molecular complexity index is 1580. The molecule has 0 atom stereocenters. The maximum Gasteiger partial charge on any atom is 0.416 e. The number of benzene rings is 2. The molecule has 0 bridgehead atoms. The van der Waals surface area contributed by atoms with Crippen molar-refractivity contribution in [3.63, 3.8) is 0 Å². The molecular weight excluding hydrogens is 547 g/mol. The number of hydrogen-bond donors (Lipinski definition) is 1. The van der Waals surface area contributed by atoms with Gasteiger partial charge >= 0.3 is 6.18 Å². The van der Waals surface area contributed by atoms with Gasteiger partial charge < -0.3 is 24.4 Å². The summed E-state index contributed by atoms with van der Waals surface area (Å²) in [5.41, 5.74) is 0.810. The average Bonchev–Trinajstić information content (AvgIpc) is 3.27. The summed E-state index contributed by atoms with van der Waals surface area (Å²) in [6, 6.07) is 13.1. The minimum absolute atomic E-state index is 0.0174. The second-order valence-electron chi connectivity index (χ2n) is 9.36. The first-order chi connectivity index (χ1) is 19.0. The molecule has 0 unspecified atom stereocenters. The van der Waals surface area contributed by atoms with E-state index in [1.807, 2.05) is 34.7 Å². The van der Waals surface area contributed by atoms with Gasteiger partial charge in [0.05, 0.1) is 33.6 Å². The number of carbonyl (C=O) groups excluding carboxylic acids is 2. The number of rotatable bonds is 5. The van der Waals surface area contributed by atoms with Crippen molar-refractivity contribution in [3.05, 3.63) is 82.6 Å². The van der Waals surface area contributed by atoms with E-state index in [0.717, 1.165) is 42.2 Å². The lowest BCUT2D eigenvalue weighted by molar-refractivity contribution is -0.137. The fourth-order valence-corrected chi connectivity index (χ4v) is 4.78. The molecule has 0 spiro atoms. The van der Waals surface area contributed by atoms with Gasteiger partial charge in [0.1, 0.15) is 11.4 Å². The number of aromatic nitrogens is 2. The monoisotopic (exact) mass is 571 g/mol. The molecule has 2 aromatic heterocycles. The van der Waals surface area contributed by atoms with E-state index < -0.39 is 17.6 Å². The van der Waals surface area contributed by atoms with E-state index in [9.17, 15) is 22.8 Å². The second kappa shape index (κ2) is 10.8. The van der Waals surface area contributed by atoms with Crippen LogP contribution in [0.15, 0.2) is 60.8 Å². The Morgan fingerprint density at radius 3 is 2.45 bits per heavy atom. The summed E-state index contributed by atoms with van der Waals surface area (Å²) in [6.07, 6.45) is -3.15. The third-order valence-electron chi connectivity index (χ3n) is 6.80. The van der Waals surface area contributed by atoms with Crippen molar-refractivity contribution < 1.29 is 27.5 Å². The van der Waals surface area contributed by atoms with Crippen LogP contribution in [0.4, 0.5) is 18.9 Å². The Labute approximate surface area is 232 Å². The molecule has 8 nitrogen and oxygen atoms in total. The molecule has 3 heterocycles. The van der Waals surface area contributed by atoms with Crippen LogP contribution in [0, 0.1) is 0 Å². The summed E-state index contributed by atoms with van der Waals surface area (Å²) in [5.74, 6) is 0.171. The van der Waals surface area contributed by atoms with E-state index in [0.29, 0.717) is 30.2 Å². The van der Waals surface area contributed by atoms with Gasteiger partial charge in [-0.1, -0.05) is 11.6 Å². The van der Waals surface area contributed by atoms with E-state index in [4.69, 9.17) is 16.3 Å². The zero-order valence-electron chi connectivity index (χ0n) is 21.6. The molecule has 1 saturated heterocycles. The van der Waals surface area contributed by atoms with Gasteiger partial charge in [-0.3, -0.25) is 9.59 Å². The number of fused-ring (bicyclic) bond motifs is 1. The van der Waals surface area contributed by atoms with Crippen molar-refractivity contribution in [2.45, 2.75) is 6.18 Å². The van der Waals surface area contributed by atoms with Crippen molar-refractivity contribution in [1.29, 1.82) is 0 Å². The van der Waals surface area contributed by atoms with E-state index in [1.54, 1.807) is 18.2 Å². The number of carbonyl (C=O) groups is 2. The highest BCUT2D eigenvalue weighted by Crippen LogP contribution is 2.33. The number of hydrogen-bond acceptors (Lipinski definition) is 5. The molecular formula is C28H25ClF3N5O3. The molecule has 0 saturated carbocycles. The van der Waals surface area contributed by atoms with Crippen LogP contribution in [0.25, 0.3) is 10.9 Å². The Balaban J connectivity index is 1.30. The van der Waals surface area contributed by atoms with Crippen molar-refractivity contribution in [2.75, 3.05) is 38.1 Å². The number of ether oxygens (including phenoxy) is 1. The van der Waals surface area contributed by atoms with Crippen LogP contribution >= 0.6 is 11.6 Å². The Morgan fingerprint density at radius 2 is 1.80 bits per heavy atom. The van der Waals surface area contributed by atoms with Gasteiger partial charge in [0.15, 0.2) is 0 Å². The molecule has 1 fully saturated rings. The van der Waals surface area contributed by atoms with Crippen LogP contribution in [0.3, 0.4) is 0 Å². The Kier molecular flexibility index (Phi) is 7.43. The quantitative estimate of drug-likeness (QED) is 0.349. The predicted molar refractivity (Wildman–Crippen MR) is 145 cm³/mol. The number of alkyl halides is 3. The SMILES string of the molecule is CN(C(=O)c1ccc(C(F)(F)F)cc1Cl)c1ccc(Oc2ccc3cc(C(=O)N4CCNCC4)n(C)c3c2)nc1. The lowest BCUT2D eigenvalue weighted by Gasteiger charge is -2.27. The third kappa shape index (κ3) is 5.47. The summed E-state index contributed by atoms with van der Waals surface area (Å²) in [4.78, 5) is 33.2. The van der Waals surface area contributed by atoms with E-state index in [2.05, 4.69) is 10.3 Å². The number of halogens is 4.